The molecule has 0 aliphatic carbocycles. The van der Waals surface area contributed by atoms with E-state index in [1.165, 1.54) is 0 Å². The molecule has 8 atom stereocenters. The van der Waals surface area contributed by atoms with Gasteiger partial charge in [-0.3, -0.25) is 9.59 Å². The number of esters is 1. The highest BCUT2D eigenvalue weighted by Crippen LogP contribution is 2.27. The summed E-state index contributed by atoms with van der Waals surface area (Å²) < 4.78 is 5.44. The minimum atomic E-state index is -1.01. The first-order valence-electron chi connectivity index (χ1n) is 9.36. The fraction of sp³-hybridized carbons (Fsp3) is 0.895. The predicted octanol–water partition coefficient (Wildman–Crippen LogP) is 1.69. The molecule has 6 nitrogen and oxygen atoms in total. The van der Waals surface area contributed by atoms with Crippen molar-refractivity contribution in [1.29, 1.82) is 0 Å². The van der Waals surface area contributed by atoms with Crippen LogP contribution in [0.4, 0.5) is 0 Å². The Morgan fingerprint density at radius 3 is 2.16 bits per heavy atom. The fourth-order valence-electron chi connectivity index (χ4n) is 3.52. The van der Waals surface area contributed by atoms with Crippen molar-refractivity contribution in [3.8, 4) is 0 Å². The van der Waals surface area contributed by atoms with E-state index in [2.05, 4.69) is 0 Å². The Labute approximate surface area is 150 Å². The van der Waals surface area contributed by atoms with Gasteiger partial charge in [-0.1, -0.05) is 34.6 Å². The first-order valence-corrected chi connectivity index (χ1v) is 9.36. The molecule has 1 saturated heterocycles. The van der Waals surface area contributed by atoms with E-state index in [1.54, 1.807) is 20.8 Å². The molecule has 0 radical (unpaired) electrons. The molecule has 0 amide bonds. The van der Waals surface area contributed by atoms with Crippen LogP contribution < -0.4 is 0 Å². The van der Waals surface area contributed by atoms with Crippen molar-refractivity contribution in [2.75, 3.05) is 0 Å². The summed E-state index contributed by atoms with van der Waals surface area (Å²) in [6.07, 6.45) is -2.20. The van der Waals surface area contributed by atoms with Gasteiger partial charge in [0.1, 0.15) is 11.9 Å². The highest BCUT2D eigenvalue weighted by molar-refractivity contribution is 5.81. The maximum atomic E-state index is 12.4. The Hall–Kier alpha value is -0.980. The second-order valence-corrected chi connectivity index (χ2v) is 7.68. The number of Topliss-reactive ketones (excluding diaryl/α,β-unsaturated/α-hetero) is 1. The molecule has 0 saturated carbocycles. The summed E-state index contributed by atoms with van der Waals surface area (Å²) in [5.41, 5.74) is 0. The van der Waals surface area contributed by atoms with Gasteiger partial charge in [-0.15, -0.1) is 0 Å². The zero-order valence-corrected chi connectivity index (χ0v) is 16.0. The highest BCUT2D eigenvalue weighted by Gasteiger charge is 2.35. The number of aliphatic hydroxyl groups excluding tert-OH is 3. The summed E-state index contributed by atoms with van der Waals surface area (Å²) in [6.45, 7) is 8.83. The lowest BCUT2D eigenvalue weighted by molar-refractivity contribution is -0.159. The Morgan fingerprint density at radius 1 is 1.00 bits per heavy atom. The van der Waals surface area contributed by atoms with E-state index in [9.17, 15) is 24.9 Å². The predicted molar refractivity (Wildman–Crippen MR) is 93.7 cm³/mol. The smallest absolute Gasteiger partial charge is 0.308 e. The van der Waals surface area contributed by atoms with Gasteiger partial charge in [0.15, 0.2) is 0 Å². The average Bonchev–Trinajstić information content (AvgIpc) is 2.59. The Kier molecular flexibility index (Phi) is 8.51. The van der Waals surface area contributed by atoms with Gasteiger partial charge in [-0.05, 0) is 18.8 Å². The summed E-state index contributed by atoms with van der Waals surface area (Å²) in [5, 5.41) is 31.1. The third-order valence-electron chi connectivity index (χ3n) is 5.78. The molecule has 3 N–H and O–H groups in total. The minimum absolute atomic E-state index is 0.0650. The standard InChI is InChI=1S/C19H34O6/c1-6-16-13(5)19(24)11(3)14(20)8-7-10(2)18(23)12(4)15(21)9-17(22)25-16/h10-13,15-16,18-19,21,23-24H,6-9H2,1-5H3/t10-,11-,12-,13-,15+,16+,18-,19+/m0/s1. The summed E-state index contributed by atoms with van der Waals surface area (Å²) >= 11 is 0. The van der Waals surface area contributed by atoms with Crippen molar-refractivity contribution in [2.24, 2.45) is 23.7 Å². The van der Waals surface area contributed by atoms with Crippen LogP contribution in [0.5, 0.6) is 0 Å². The molecule has 1 heterocycles. The largest absolute Gasteiger partial charge is 0.462 e. The number of rotatable bonds is 1. The van der Waals surface area contributed by atoms with Crippen molar-refractivity contribution in [3.63, 3.8) is 0 Å². The lowest BCUT2D eigenvalue weighted by Crippen LogP contribution is -2.41. The Morgan fingerprint density at radius 2 is 1.60 bits per heavy atom. The molecule has 1 aliphatic rings. The third kappa shape index (κ3) is 5.76. The van der Waals surface area contributed by atoms with Crippen molar-refractivity contribution >= 4 is 11.8 Å². The van der Waals surface area contributed by atoms with Crippen LogP contribution in [0, 0.1) is 23.7 Å². The molecule has 0 spiro atoms. The second-order valence-electron chi connectivity index (χ2n) is 7.68. The van der Waals surface area contributed by atoms with E-state index in [1.807, 2.05) is 13.8 Å². The van der Waals surface area contributed by atoms with Gasteiger partial charge in [0.05, 0.1) is 24.7 Å². The minimum Gasteiger partial charge on any atom is -0.462 e. The molecule has 0 aromatic carbocycles. The van der Waals surface area contributed by atoms with Crippen LogP contribution in [0.1, 0.15) is 60.3 Å². The molecule has 6 heteroatoms. The summed E-state index contributed by atoms with van der Waals surface area (Å²) in [5.74, 6) is -2.25. The van der Waals surface area contributed by atoms with E-state index in [4.69, 9.17) is 4.74 Å². The van der Waals surface area contributed by atoms with Gasteiger partial charge in [0.25, 0.3) is 0 Å². The molecule has 0 aromatic heterocycles. The van der Waals surface area contributed by atoms with Crippen molar-refractivity contribution < 1.29 is 29.6 Å². The molecule has 1 rings (SSSR count). The highest BCUT2D eigenvalue weighted by atomic mass is 16.5. The number of aliphatic hydroxyl groups is 3. The van der Waals surface area contributed by atoms with Gasteiger partial charge in [-0.2, -0.15) is 0 Å². The summed E-state index contributed by atoms with van der Waals surface area (Å²) in [4.78, 5) is 24.6. The zero-order valence-electron chi connectivity index (χ0n) is 16.0. The van der Waals surface area contributed by atoms with Crippen molar-refractivity contribution in [3.05, 3.63) is 0 Å². The summed E-state index contributed by atoms with van der Waals surface area (Å²) in [7, 11) is 0. The van der Waals surface area contributed by atoms with Crippen LogP contribution in [0.2, 0.25) is 0 Å². The molecule has 146 valence electrons. The molecule has 25 heavy (non-hydrogen) atoms. The van der Waals surface area contributed by atoms with Crippen LogP contribution in [-0.2, 0) is 14.3 Å². The van der Waals surface area contributed by atoms with E-state index < -0.39 is 42.2 Å². The van der Waals surface area contributed by atoms with E-state index in [0.717, 1.165) is 0 Å². The maximum Gasteiger partial charge on any atom is 0.308 e. The lowest BCUT2D eigenvalue weighted by atomic mass is 9.81. The maximum absolute atomic E-state index is 12.4. The van der Waals surface area contributed by atoms with Crippen LogP contribution in [0.25, 0.3) is 0 Å². The van der Waals surface area contributed by atoms with Crippen molar-refractivity contribution in [2.45, 2.75) is 84.7 Å². The van der Waals surface area contributed by atoms with Gasteiger partial charge in [0.2, 0.25) is 0 Å². The molecule has 0 bridgehead atoms. The van der Waals surface area contributed by atoms with Gasteiger partial charge in [0, 0.05) is 24.2 Å². The topological polar surface area (TPSA) is 104 Å². The number of hydrogen-bond donors (Lipinski definition) is 3. The van der Waals surface area contributed by atoms with Crippen LogP contribution >= 0.6 is 0 Å². The first kappa shape index (κ1) is 22.1. The van der Waals surface area contributed by atoms with Gasteiger partial charge < -0.3 is 20.1 Å². The fourth-order valence-corrected chi connectivity index (χ4v) is 3.52. The van der Waals surface area contributed by atoms with Crippen LogP contribution in [0.3, 0.4) is 0 Å². The van der Waals surface area contributed by atoms with E-state index >= 15 is 0 Å². The van der Waals surface area contributed by atoms with Gasteiger partial charge >= 0.3 is 5.97 Å². The number of ketones is 1. The molecule has 0 aromatic rings. The number of hydrogen-bond acceptors (Lipinski definition) is 6. The van der Waals surface area contributed by atoms with E-state index in [0.29, 0.717) is 12.8 Å². The van der Waals surface area contributed by atoms with E-state index in [-0.39, 0.29) is 30.5 Å². The molecular formula is C19H34O6. The second kappa shape index (κ2) is 9.64. The molecule has 1 aliphatic heterocycles. The molecule has 1 fully saturated rings. The van der Waals surface area contributed by atoms with Crippen LogP contribution in [-0.4, -0.2) is 51.5 Å². The number of cyclic esters (lactones) is 1. The number of carbonyl (C=O) groups excluding carboxylic acids is 2. The first-order chi connectivity index (χ1) is 11.6. The molecular weight excluding hydrogens is 324 g/mol. The lowest BCUT2D eigenvalue weighted by Gasteiger charge is -2.32. The quantitative estimate of drug-likeness (QED) is 0.616. The Bertz CT molecular complexity index is 451. The molecule has 0 unspecified atom stereocenters. The average molecular weight is 358 g/mol. The van der Waals surface area contributed by atoms with Gasteiger partial charge in [-0.25, -0.2) is 0 Å². The van der Waals surface area contributed by atoms with Crippen LogP contribution in [0.15, 0.2) is 0 Å². The monoisotopic (exact) mass is 358 g/mol. The zero-order chi connectivity index (χ0) is 19.3. The number of ether oxygens (including phenoxy) is 1. The van der Waals surface area contributed by atoms with Crippen molar-refractivity contribution in [1.82, 2.24) is 0 Å². The number of carbonyl (C=O) groups is 2. The normalized spacial score (nSPS) is 42.6. The SMILES string of the molecule is CC[C@H]1OC(=O)C[C@@H](O)[C@H](C)[C@@H](O)[C@@H](C)CCC(=O)[C@H](C)[C@@H](O)[C@H]1C. The Balaban J connectivity index is 3.04. The summed E-state index contributed by atoms with van der Waals surface area (Å²) in [6, 6.07) is 0. The third-order valence-corrected chi connectivity index (χ3v) is 5.78.